The predicted molar refractivity (Wildman–Crippen MR) is 205 cm³/mol. The molecule has 2 heterocycles. The second-order valence-corrected chi connectivity index (χ2v) is 15.3. The molecular formula is C40H53N7O10. The van der Waals surface area contributed by atoms with Gasteiger partial charge in [0, 0.05) is 25.0 Å². The zero-order chi connectivity index (χ0) is 41.9. The number of hydrogen-bond donors (Lipinski definition) is 6. The van der Waals surface area contributed by atoms with Gasteiger partial charge in [0.15, 0.2) is 6.10 Å². The van der Waals surface area contributed by atoms with E-state index in [-0.39, 0.29) is 38.3 Å². The molecule has 17 nitrogen and oxygen atoms in total. The van der Waals surface area contributed by atoms with Gasteiger partial charge in [-0.1, -0.05) is 60.7 Å². The van der Waals surface area contributed by atoms with Crippen LogP contribution < -0.4 is 27.0 Å². The van der Waals surface area contributed by atoms with Crippen molar-refractivity contribution < 1.29 is 48.2 Å². The third-order valence-corrected chi connectivity index (χ3v) is 9.73. The monoisotopic (exact) mass is 791 g/mol. The number of aliphatic hydroxyl groups is 1. The number of rotatable bonds is 15. The van der Waals surface area contributed by atoms with Gasteiger partial charge in [0.1, 0.15) is 24.2 Å². The summed E-state index contributed by atoms with van der Waals surface area (Å²) in [6.45, 7) is 5.75. The van der Waals surface area contributed by atoms with Gasteiger partial charge in [-0.05, 0) is 64.0 Å². The summed E-state index contributed by atoms with van der Waals surface area (Å²) in [6, 6.07) is 11.2. The molecule has 57 heavy (non-hydrogen) atoms. The average molecular weight is 792 g/mol. The molecule has 0 saturated carbocycles. The summed E-state index contributed by atoms with van der Waals surface area (Å²) in [4.78, 5) is 108. The number of esters is 1. The summed E-state index contributed by atoms with van der Waals surface area (Å²) in [6.07, 6.45) is -1.11. The highest BCUT2D eigenvalue weighted by atomic mass is 16.5. The standard InChI is InChI=1S/C40H53N7O10/c1-40(2,3)45-36(53)30-18-12-19-46(30)37(54)32(49)26(21-24-13-7-5-8-14-24)42-34(51)28(23-31(41)48)43-33(50)27(22-25-15-9-6-10-16-25)44-35(52)29-17-11-20-47(29)38(55)39(56)57-4/h5-10,13-16,26-30,32,49H,11-12,17-23H2,1-4H3,(H2,41,48)(H,42,51)(H,43,50)(H,44,52)(H,45,53)/t26-,27+,28-,29-,30-,32-/m0/s1. The van der Waals surface area contributed by atoms with Gasteiger partial charge in [0.25, 0.3) is 5.91 Å². The van der Waals surface area contributed by atoms with Crippen molar-refractivity contribution in [1.82, 2.24) is 31.1 Å². The minimum absolute atomic E-state index is 0.0434. The molecule has 2 fully saturated rings. The third-order valence-electron chi connectivity index (χ3n) is 9.73. The minimum Gasteiger partial charge on any atom is -0.462 e. The Kier molecular flexibility index (Phi) is 15.3. The summed E-state index contributed by atoms with van der Waals surface area (Å²) in [5.74, 6) is -6.81. The molecule has 0 unspecified atom stereocenters. The zero-order valence-corrected chi connectivity index (χ0v) is 32.7. The molecule has 308 valence electrons. The van der Waals surface area contributed by atoms with Crippen LogP contribution in [0.15, 0.2) is 60.7 Å². The molecule has 2 aromatic rings. The topological polar surface area (TPSA) is 247 Å². The number of amides is 7. The Morgan fingerprint density at radius 2 is 1.28 bits per heavy atom. The van der Waals surface area contributed by atoms with E-state index in [2.05, 4.69) is 26.0 Å². The van der Waals surface area contributed by atoms with E-state index in [0.717, 1.165) is 12.0 Å². The number of primary amides is 1. The minimum atomic E-state index is -1.84. The van der Waals surface area contributed by atoms with Crippen molar-refractivity contribution in [2.75, 3.05) is 20.2 Å². The quantitative estimate of drug-likeness (QED) is 0.0972. The summed E-state index contributed by atoms with van der Waals surface area (Å²) >= 11 is 0. The molecule has 0 bridgehead atoms. The van der Waals surface area contributed by atoms with Gasteiger partial charge < -0.3 is 46.6 Å². The van der Waals surface area contributed by atoms with Crippen LogP contribution in [0.5, 0.6) is 0 Å². The number of carbonyl (C=O) groups excluding carboxylic acids is 8. The van der Waals surface area contributed by atoms with Gasteiger partial charge in [-0.15, -0.1) is 0 Å². The second kappa shape index (κ2) is 19.8. The molecule has 7 amide bonds. The van der Waals surface area contributed by atoms with Gasteiger partial charge in [0.2, 0.25) is 29.5 Å². The number of methoxy groups -OCH3 is 1. The van der Waals surface area contributed by atoms with Crippen LogP contribution >= 0.6 is 0 Å². The average Bonchev–Trinajstić information content (AvgIpc) is 3.87. The Morgan fingerprint density at radius 3 is 1.82 bits per heavy atom. The zero-order valence-electron chi connectivity index (χ0n) is 32.7. The Bertz CT molecular complexity index is 1790. The van der Waals surface area contributed by atoms with Gasteiger partial charge in [-0.2, -0.15) is 0 Å². The summed E-state index contributed by atoms with van der Waals surface area (Å²) in [5.41, 5.74) is 6.22. The predicted octanol–water partition coefficient (Wildman–Crippen LogP) is -0.768. The molecular weight excluding hydrogens is 738 g/mol. The number of nitrogens with two attached hydrogens (primary N) is 1. The fourth-order valence-corrected chi connectivity index (χ4v) is 6.99. The normalized spacial score (nSPS) is 18.7. The number of hydrogen-bond acceptors (Lipinski definition) is 10. The molecule has 0 spiro atoms. The fourth-order valence-electron chi connectivity index (χ4n) is 6.99. The Balaban J connectivity index is 1.57. The van der Waals surface area contributed by atoms with Crippen LogP contribution in [0.4, 0.5) is 0 Å². The summed E-state index contributed by atoms with van der Waals surface area (Å²) in [7, 11) is 1.05. The van der Waals surface area contributed by atoms with Crippen LogP contribution in [0.3, 0.4) is 0 Å². The molecule has 2 aliphatic heterocycles. The van der Waals surface area contributed by atoms with Crippen molar-refractivity contribution >= 4 is 47.3 Å². The number of carbonyl (C=O) groups is 8. The molecule has 7 N–H and O–H groups in total. The molecule has 4 rings (SSSR count). The van der Waals surface area contributed by atoms with Crippen LogP contribution in [0.1, 0.15) is 64.0 Å². The van der Waals surface area contributed by atoms with E-state index in [1.165, 1.54) is 4.90 Å². The van der Waals surface area contributed by atoms with Crippen LogP contribution in [-0.4, -0.2) is 124 Å². The molecule has 2 aliphatic rings. The van der Waals surface area contributed by atoms with E-state index in [1.807, 2.05) is 20.8 Å². The van der Waals surface area contributed by atoms with Crippen LogP contribution in [0, 0.1) is 0 Å². The number of benzene rings is 2. The van der Waals surface area contributed by atoms with E-state index in [1.54, 1.807) is 60.7 Å². The number of ether oxygens (including phenoxy) is 1. The summed E-state index contributed by atoms with van der Waals surface area (Å²) in [5, 5.41) is 22.2. The first-order valence-electron chi connectivity index (χ1n) is 19.0. The van der Waals surface area contributed by atoms with Gasteiger partial charge in [-0.3, -0.25) is 33.6 Å². The van der Waals surface area contributed by atoms with Crippen molar-refractivity contribution in [3.05, 3.63) is 71.8 Å². The number of nitrogens with one attached hydrogen (secondary N) is 4. The number of aliphatic hydroxyl groups excluding tert-OH is 1. The first-order chi connectivity index (χ1) is 27.0. The van der Waals surface area contributed by atoms with Crippen molar-refractivity contribution in [3.8, 4) is 0 Å². The molecule has 17 heteroatoms. The maximum absolute atomic E-state index is 14.0. The second-order valence-electron chi connectivity index (χ2n) is 15.3. The van der Waals surface area contributed by atoms with Crippen molar-refractivity contribution in [2.45, 2.75) is 108 Å². The first kappa shape index (κ1) is 43.9. The Morgan fingerprint density at radius 1 is 0.754 bits per heavy atom. The Hall–Kier alpha value is -5.84. The lowest BCUT2D eigenvalue weighted by atomic mass is 9.98. The lowest BCUT2D eigenvalue weighted by Crippen LogP contribution is -2.61. The van der Waals surface area contributed by atoms with Crippen LogP contribution in [0.2, 0.25) is 0 Å². The van der Waals surface area contributed by atoms with Crippen molar-refractivity contribution in [1.29, 1.82) is 0 Å². The fraction of sp³-hybridized carbons (Fsp3) is 0.500. The van der Waals surface area contributed by atoms with Crippen molar-refractivity contribution in [2.24, 2.45) is 5.73 Å². The maximum Gasteiger partial charge on any atom is 0.396 e. The molecule has 0 aliphatic carbocycles. The van der Waals surface area contributed by atoms with Gasteiger partial charge in [0.05, 0.1) is 19.6 Å². The largest absolute Gasteiger partial charge is 0.462 e. The highest BCUT2D eigenvalue weighted by Gasteiger charge is 2.42. The number of nitrogens with zero attached hydrogens (tertiary/aromatic N) is 2. The van der Waals surface area contributed by atoms with E-state index in [9.17, 15) is 43.5 Å². The SMILES string of the molecule is COC(=O)C(=O)N1CCC[C@H]1C(=O)N[C@H](Cc1ccccc1)C(=O)N[C@@H](CC(N)=O)C(=O)N[C@@H](Cc1ccccc1)[C@H](O)C(=O)N1CCC[C@H]1C(=O)NC(C)(C)C. The van der Waals surface area contributed by atoms with E-state index < -0.39 is 89.7 Å². The van der Waals surface area contributed by atoms with Gasteiger partial charge in [-0.25, -0.2) is 4.79 Å². The number of likely N-dealkylation sites (tertiary alicyclic amines) is 2. The van der Waals surface area contributed by atoms with Crippen LogP contribution in [-0.2, 0) is 55.9 Å². The van der Waals surface area contributed by atoms with Gasteiger partial charge >= 0.3 is 11.9 Å². The van der Waals surface area contributed by atoms with Crippen LogP contribution in [0.25, 0.3) is 0 Å². The molecule has 6 atom stereocenters. The van der Waals surface area contributed by atoms with E-state index in [0.29, 0.717) is 30.4 Å². The smallest absolute Gasteiger partial charge is 0.396 e. The lowest BCUT2D eigenvalue weighted by Gasteiger charge is -2.32. The lowest BCUT2D eigenvalue weighted by molar-refractivity contribution is -0.159. The molecule has 0 radical (unpaired) electrons. The molecule has 0 aromatic heterocycles. The van der Waals surface area contributed by atoms with Crippen molar-refractivity contribution in [3.63, 3.8) is 0 Å². The third kappa shape index (κ3) is 12.3. The highest BCUT2D eigenvalue weighted by molar-refractivity contribution is 6.32. The Labute approximate surface area is 331 Å². The van der Waals surface area contributed by atoms with E-state index in [4.69, 9.17) is 5.73 Å². The maximum atomic E-state index is 14.0. The molecule has 2 aromatic carbocycles. The summed E-state index contributed by atoms with van der Waals surface area (Å²) < 4.78 is 4.54. The first-order valence-corrected chi connectivity index (χ1v) is 19.0. The highest BCUT2D eigenvalue weighted by Crippen LogP contribution is 2.22. The van der Waals surface area contributed by atoms with E-state index >= 15 is 0 Å². The molecule has 2 saturated heterocycles.